The first-order valence-corrected chi connectivity index (χ1v) is 4.32. The van der Waals surface area contributed by atoms with Crippen molar-refractivity contribution in [3.05, 3.63) is 20.8 Å². The predicted octanol–water partition coefficient (Wildman–Crippen LogP) is 2.95. The lowest BCUT2D eigenvalue weighted by molar-refractivity contribution is 0.838. The zero-order chi connectivity index (χ0) is 6.85. The summed E-state index contributed by atoms with van der Waals surface area (Å²) in [5.74, 6) is 0. The molecule has 0 unspecified atom stereocenters. The van der Waals surface area contributed by atoms with Crippen molar-refractivity contribution in [2.24, 2.45) is 5.73 Å². The van der Waals surface area contributed by atoms with E-state index in [-0.39, 0.29) is 18.4 Å². The van der Waals surface area contributed by atoms with Crippen molar-refractivity contribution in [2.75, 3.05) is 0 Å². The topological polar surface area (TPSA) is 26.0 Å². The largest absolute Gasteiger partial charge is 0.324 e. The maximum atomic E-state index is 5.62. The molecule has 58 valence electrons. The fourth-order valence-electron chi connectivity index (χ4n) is 0.573. The SMILES string of the molecule is C[C@@H](N)c1ccc(Br)s1.Cl. The first-order valence-electron chi connectivity index (χ1n) is 2.71. The van der Waals surface area contributed by atoms with E-state index in [2.05, 4.69) is 15.9 Å². The van der Waals surface area contributed by atoms with Gasteiger partial charge in [-0.1, -0.05) is 0 Å². The van der Waals surface area contributed by atoms with Gasteiger partial charge in [-0.3, -0.25) is 0 Å². The van der Waals surface area contributed by atoms with Crippen LogP contribution in [0.4, 0.5) is 0 Å². The molecule has 0 aromatic carbocycles. The van der Waals surface area contributed by atoms with Gasteiger partial charge in [-0.05, 0) is 35.0 Å². The highest BCUT2D eigenvalue weighted by Crippen LogP contribution is 2.25. The molecule has 1 nitrogen and oxygen atoms in total. The zero-order valence-electron chi connectivity index (χ0n) is 5.50. The van der Waals surface area contributed by atoms with Gasteiger partial charge in [0.05, 0.1) is 3.79 Å². The molecule has 1 aromatic rings. The van der Waals surface area contributed by atoms with Gasteiger partial charge in [-0.25, -0.2) is 0 Å². The Balaban J connectivity index is 0.000000810. The highest BCUT2D eigenvalue weighted by molar-refractivity contribution is 9.11. The van der Waals surface area contributed by atoms with Gasteiger partial charge < -0.3 is 5.73 Å². The van der Waals surface area contributed by atoms with Crippen LogP contribution in [0.2, 0.25) is 0 Å². The van der Waals surface area contributed by atoms with Crippen LogP contribution in [0.3, 0.4) is 0 Å². The van der Waals surface area contributed by atoms with Crippen LogP contribution < -0.4 is 5.73 Å². The van der Waals surface area contributed by atoms with Crippen molar-refractivity contribution in [3.8, 4) is 0 Å². The highest BCUT2D eigenvalue weighted by Gasteiger charge is 2.00. The maximum absolute atomic E-state index is 5.62. The van der Waals surface area contributed by atoms with Crippen molar-refractivity contribution in [1.82, 2.24) is 0 Å². The number of hydrogen-bond acceptors (Lipinski definition) is 2. The molecule has 1 aromatic heterocycles. The quantitative estimate of drug-likeness (QED) is 0.805. The molecule has 10 heavy (non-hydrogen) atoms. The van der Waals surface area contributed by atoms with Gasteiger partial charge in [-0.2, -0.15) is 0 Å². The van der Waals surface area contributed by atoms with Gasteiger partial charge in [0.25, 0.3) is 0 Å². The highest BCUT2D eigenvalue weighted by atomic mass is 79.9. The molecule has 0 aliphatic carbocycles. The maximum Gasteiger partial charge on any atom is 0.0701 e. The van der Waals surface area contributed by atoms with Gasteiger partial charge in [0.2, 0.25) is 0 Å². The molecule has 1 heterocycles. The Kier molecular flexibility index (Phi) is 4.52. The Morgan fingerprint density at radius 3 is 2.40 bits per heavy atom. The second-order valence-electron chi connectivity index (χ2n) is 1.93. The molecule has 0 aliphatic heterocycles. The molecule has 0 fully saturated rings. The second-order valence-corrected chi connectivity index (χ2v) is 4.43. The van der Waals surface area contributed by atoms with Crippen LogP contribution >= 0.6 is 39.7 Å². The summed E-state index contributed by atoms with van der Waals surface area (Å²) in [6.45, 7) is 1.98. The van der Waals surface area contributed by atoms with Gasteiger partial charge in [-0.15, -0.1) is 23.7 Å². The molecule has 0 saturated heterocycles. The second kappa shape index (κ2) is 4.34. The summed E-state index contributed by atoms with van der Waals surface area (Å²) in [4.78, 5) is 1.22. The van der Waals surface area contributed by atoms with E-state index in [0.29, 0.717) is 0 Å². The molecule has 0 radical (unpaired) electrons. The van der Waals surface area contributed by atoms with Gasteiger partial charge in [0, 0.05) is 10.9 Å². The number of thiophene rings is 1. The van der Waals surface area contributed by atoms with E-state index in [4.69, 9.17) is 5.73 Å². The van der Waals surface area contributed by atoms with Crippen LogP contribution in [-0.2, 0) is 0 Å². The van der Waals surface area contributed by atoms with Crippen molar-refractivity contribution >= 4 is 39.7 Å². The number of rotatable bonds is 1. The molecular formula is C6H9BrClNS. The van der Waals surface area contributed by atoms with E-state index in [0.717, 1.165) is 3.79 Å². The minimum Gasteiger partial charge on any atom is -0.324 e. The summed E-state index contributed by atoms with van der Waals surface area (Å²) in [5, 5.41) is 0. The summed E-state index contributed by atoms with van der Waals surface area (Å²) in [6, 6.07) is 4.23. The van der Waals surface area contributed by atoms with Crippen LogP contribution in [0.1, 0.15) is 17.8 Å². The Bertz CT molecular complexity index is 199. The standard InChI is InChI=1S/C6H8BrNS.ClH/c1-4(8)5-2-3-6(7)9-5;/h2-4H,8H2,1H3;1H/t4-;/m1./s1. The summed E-state index contributed by atoms with van der Waals surface area (Å²) in [5.41, 5.74) is 5.62. The summed E-state index contributed by atoms with van der Waals surface area (Å²) < 4.78 is 1.15. The van der Waals surface area contributed by atoms with E-state index in [1.165, 1.54) is 4.88 Å². The van der Waals surface area contributed by atoms with E-state index in [1.54, 1.807) is 11.3 Å². The fourth-order valence-corrected chi connectivity index (χ4v) is 1.95. The van der Waals surface area contributed by atoms with Gasteiger partial charge >= 0.3 is 0 Å². The minimum absolute atomic E-state index is 0. The van der Waals surface area contributed by atoms with E-state index >= 15 is 0 Å². The molecule has 0 amide bonds. The first kappa shape index (κ1) is 10.4. The predicted molar refractivity (Wildman–Crippen MR) is 51.9 cm³/mol. The van der Waals surface area contributed by atoms with Crippen molar-refractivity contribution < 1.29 is 0 Å². The molecule has 2 N–H and O–H groups in total. The number of nitrogens with two attached hydrogens (primary N) is 1. The molecule has 1 rings (SSSR count). The normalized spacial score (nSPS) is 12.3. The zero-order valence-corrected chi connectivity index (χ0v) is 8.72. The van der Waals surface area contributed by atoms with Crippen molar-refractivity contribution in [3.63, 3.8) is 0 Å². The molecule has 0 saturated carbocycles. The fraction of sp³-hybridized carbons (Fsp3) is 0.333. The molecule has 0 aliphatic rings. The molecule has 0 spiro atoms. The minimum atomic E-state index is 0. The third-order valence-electron chi connectivity index (χ3n) is 1.04. The first-order chi connectivity index (χ1) is 4.20. The van der Waals surface area contributed by atoms with E-state index in [1.807, 2.05) is 19.1 Å². The van der Waals surface area contributed by atoms with Crippen molar-refractivity contribution in [1.29, 1.82) is 0 Å². The molecule has 1 atom stereocenters. The Hall–Kier alpha value is 0.430. The summed E-state index contributed by atoms with van der Waals surface area (Å²) in [7, 11) is 0. The van der Waals surface area contributed by atoms with Gasteiger partial charge in [0.15, 0.2) is 0 Å². The Labute approximate surface area is 79.2 Å². The van der Waals surface area contributed by atoms with Crippen LogP contribution in [0, 0.1) is 0 Å². The van der Waals surface area contributed by atoms with Crippen LogP contribution in [0.15, 0.2) is 15.9 Å². The Morgan fingerprint density at radius 2 is 2.20 bits per heavy atom. The lowest BCUT2D eigenvalue weighted by atomic mass is 10.3. The third kappa shape index (κ3) is 2.58. The van der Waals surface area contributed by atoms with Gasteiger partial charge in [0.1, 0.15) is 0 Å². The molecular weight excluding hydrogens is 233 g/mol. The monoisotopic (exact) mass is 241 g/mol. The molecule has 4 heteroatoms. The number of hydrogen-bond donors (Lipinski definition) is 1. The van der Waals surface area contributed by atoms with Crippen LogP contribution in [-0.4, -0.2) is 0 Å². The van der Waals surface area contributed by atoms with Crippen LogP contribution in [0.5, 0.6) is 0 Å². The average molecular weight is 243 g/mol. The smallest absolute Gasteiger partial charge is 0.0701 e. The summed E-state index contributed by atoms with van der Waals surface area (Å²) >= 11 is 5.05. The van der Waals surface area contributed by atoms with E-state index < -0.39 is 0 Å². The average Bonchev–Trinajstić information content (AvgIpc) is 2.14. The van der Waals surface area contributed by atoms with Crippen molar-refractivity contribution in [2.45, 2.75) is 13.0 Å². The van der Waals surface area contributed by atoms with Crippen LogP contribution in [0.25, 0.3) is 0 Å². The van der Waals surface area contributed by atoms with E-state index in [9.17, 15) is 0 Å². The lowest BCUT2D eigenvalue weighted by Gasteiger charge is -1.96. The summed E-state index contributed by atoms with van der Waals surface area (Å²) in [6.07, 6.45) is 0. The number of halogens is 2. The Morgan fingerprint density at radius 1 is 1.60 bits per heavy atom. The lowest BCUT2D eigenvalue weighted by Crippen LogP contribution is -2.01. The third-order valence-corrected chi connectivity index (χ3v) is 2.87. The molecule has 0 bridgehead atoms.